The van der Waals surface area contributed by atoms with Gasteiger partial charge in [0.15, 0.2) is 0 Å². The molecule has 0 nitrogen and oxygen atoms in total. The molecule has 0 aliphatic heterocycles. The van der Waals surface area contributed by atoms with Gasteiger partial charge >= 0.3 is 0 Å². The second kappa shape index (κ2) is 18.4. The monoisotopic (exact) mass is 314 g/mol. The number of thiol groups is 1. The van der Waals surface area contributed by atoms with Crippen molar-refractivity contribution in [2.45, 2.75) is 128 Å². The highest BCUT2D eigenvalue weighted by Gasteiger charge is 2.00. The summed E-state index contributed by atoms with van der Waals surface area (Å²) in [6.07, 6.45) is 24.2. The largest absolute Gasteiger partial charge is 0.176 e. The van der Waals surface area contributed by atoms with Crippen LogP contribution in [0.5, 0.6) is 0 Å². The van der Waals surface area contributed by atoms with E-state index in [1.807, 2.05) is 0 Å². The van der Waals surface area contributed by atoms with Crippen molar-refractivity contribution in [3.63, 3.8) is 0 Å². The van der Waals surface area contributed by atoms with Gasteiger partial charge in [-0.1, -0.05) is 110 Å². The summed E-state index contributed by atoms with van der Waals surface area (Å²) in [6.45, 7) is 4.55. The van der Waals surface area contributed by atoms with Gasteiger partial charge in [0.25, 0.3) is 0 Å². The summed E-state index contributed by atoms with van der Waals surface area (Å²) in [5, 5.41) is 0.660. The molecular formula is C20H42S. The Morgan fingerprint density at radius 3 is 1.24 bits per heavy atom. The van der Waals surface area contributed by atoms with Crippen molar-refractivity contribution in [1.82, 2.24) is 0 Å². The molecule has 0 aromatic carbocycles. The van der Waals surface area contributed by atoms with E-state index in [0.29, 0.717) is 5.25 Å². The normalized spacial score (nSPS) is 12.7. The van der Waals surface area contributed by atoms with Crippen LogP contribution in [-0.2, 0) is 0 Å². The third-order valence-electron chi connectivity index (χ3n) is 4.51. The van der Waals surface area contributed by atoms with E-state index in [2.05, 4.69) is 26.5 Å². The predicted octanol–water partition coefficient (Wildman–Crippen LogP) is 7.96. The Labute approximate surface area is 141 Å². The SMILES string of the molecule is CCCCCCCCCCCCCCCCC(S)CCC. The van der Waals surface area contributed by atoms with Gasteiger partial charge in [0, 0.05) is 5.25 Å². The van der Waals surface area contributed by atoms with Crippen molar-refractivity contribution in [3.8, 4) is 0 Å². The van der Waals surface area contributed by atoms with Crippen LogP contribution in [0.3, 0.4) is 0 Å². The lowest BCUT2D eigenvalue weighted by atomic mass is 10.0. The van der Waals surface area contributed by atoms with E-state index >= 15 is 0 Å². The maximum atomic E-state index is 4.63. The van der Waals surface area contributed by atoms with Crippen LogP contribution < -0.4 is 0 Å². The molecule has 1 heteroatoms. The molecule has 128 valence electrons. The molecule has 0 rings (SSSR count). The molecule has 0 saturated heterocycles. The van der Waals surface area contributed by atoms with Gasteiger partial charge in [0.1, 0.15) is 0 Å². The minimum Gasteiger partial charge on any atom is -0.176 e. The van der Waals surface area contributed by atoms with E-state index in [4.69, 9.17) is 0 Å². The molecule has 0 heterocycles. The zero-order valence-electron chi connectivity index (χ0n) is 15.0. The molecule has 0 aliphatic rings. The lowest BCUT2D eigenvalue weighted by molar-refractivity contribution is 0.528. The number of rotatable bonds is 17. The Balaban J connectivity index is 2.99. The molecule has 0 spiro atoms. The Morgan fingerprint density at radius 2 is 0.857 bits per heavy atom. The molecule has 0 aliphatic carbocycles. The highest BCUT2D eigenvalue weighted by atomic mass is 32.1. The molecule has 0 fully saturated rings. The first-order chi connectivity index (χ1) is 10.3. The van der Waals surface area contributed by atoms with Gasteiger partial charge in [0.05, 0.1) is 0 Å². The summed E-state index contributed by atoms with van der Waals surface area (Å²) in [6, 6.07) is 0. The maximum absolute atomic E-state index is 4.63. The van der Waals surface area contributed by atoms with Crippen molar-refractivity contribution in [1.29, 1.82) is 0 Å². The fraction of sp³-hybridized carbons (Fsp3) is 1.00. The fourth-order valence-electron chi connectivity index (χ4n) is 3.05. The number of hydrogen-bond donors (Lipinski definition) is 1. The topological polar surface area (TPSA) is 0 Å². The summed E-state index contributed by atoms with van der Waals surface area (Å²) < 4.78 is 0. The summed E-state index contributed by atoms with van der Waals surface area (Å²) in [5.41, 5.74) is 0. The highest BCUT2D eigenvalue weighted by Crippen LogP contribution is 2.16. The third kappa shape index (κ3) is 18.3. The molecule has 0 N–H and O–H groups in total. The zero-order chi connectivity index (χ0) is 15.6. The van der Waals surface area contributed by atoms with Crippen LogP contribution in [-0.4, -0.2) is 5.25 Å². The van der Waals surface area contributed by atoms with Crippen molar-refractivity contribution in [2.75, 3.05) is 0 Å². The third-order valence-corrected chi connectivity index (χ3v) is 5.03. The molecule has 0 radical (unpaired) electrons. The van der Waals surface area contributed by atoms with Gasteiger partial charge in [-0.2, -0.15) is 12.6 Å². The molecule has 0 saturated carbocycles. The predicted molar refractivity (Wildman–Crippen MR) is 103 cm³/mol. The first kappa shape index (κ1) is 21.4. The van der Waals surface area contributed by atoms with E-state index < -0.39 is 0 Å². The molecule has 1 atom stereocenters. The van der Waals surface area contributed by atoms with E-state index in [1.54, 1.807) is 0 Å². The number of hydrogen-bond acceptors (Lipinski definition) is 1. The second-order valence-electron chi connectivity index (χ2n) is 6.83. The van der Waals surface area contributed by atoms with E-state index in [0.717, 1.165) is 0 Å². The first-order valence-corrected chi connectivity index (χ1v) is 10.5. The van der Waals surface area contributed by atoms with Gasteiger partial charge in [-0.05, 0) is 12.8 Å². The standard InChI is InChI=1S/C20H42S/c1-3-5-6-7-8-9-10-11-12-13-14-15-16-17-19-20(21)18-4-2/h20-21H,3-19H2,1-2H3. The van der Waals surface area contributed by atoms with Gasteiger partial charge in [-0.25, -0.2) is 0 Å². The summed E-state index contributed by atoms with van der Waals surface area (Å²) >= 11 is 4.63. The van der Waals surface area contributed by atoms with Crippen molar-refractivity contribution >= 4 is 12.6 Å². The summed E-state index contributed by atoms with van der Waals surface area (Å²) in [5.74, 6) is 0. The minimum atomic E-state index is 0.660. The summed E-state index contributed by atoms with van der Waals surface area (Å²) in [4.78, 5) is 0. The Morgan fingerprint density at radius 1 is 0.476 bits per heavy atom. The van der Waals surface area contributed by atoms with Crippen molar-refractivity contribution < 1.29 is 0 Å². The minimum absolute atomic E-state index is 0.660. The highest BCUT2D eigenvalue weighted by molar-refractivity contribution is 7.80. The van der Waals surface area contributed by atoms with Crippen LogP contribution in [0.25, 0.3) is 0 Å². The molecule has 1 unspecified atom stereocenters. The van der Waals surface area contributed by atoms with E-state index in [-0.39, 0.29) is 0 Å². The molecule has 0 aromatic heterocycles. The van der Waals surface area contributed by atoms with Gasteiger partial charge in [0.2, 0.25) is 0 Å². The fourth-order valence-corrected chi connectivity index (χ4v) is 3.49. The first-order valence-electron chi connectivity index (χ1n) is 9.99. The molecule has 0 bridgehead atoms. The lowest BCUT2D eigenvalue weighted by Gasteiger charge is -2.08. The van der Waals surface area contributed by atoms with Crippen LogP contribution in [0, 0.1) is 0 Å². The van der Waals surface area contributed by atoms with Gasteiger partial charge in [-0.15, -0.1) is 0 Å². The second-order valence-corrected chi connectivity index (χ2v) is 7.56. The molecule has 0 amide bonds. The average molecular weight is 315 g/mol. The quantitative estimate of drug-likeness (QED) is 0.204. The number of unbranched alkanes of at least 4 members (excludes halogenated alkanes) is 13. The van der Waals surface area contributed by atoms with Crippen LogP contribution in [0.15, 0.2) is 0 Å². The average Bonchev–Trinajstić information content (AvgIpc) is 2.48. The zero-order valence-corrected chi connectivity index (χ0v) is 15.9. The van der Waals surface area contributed by atoms with Crippen LogP contribution >= 0.6 is 12.6 Å². The molecular weight excluding hydrogens is 272 g/mol. The Kier molecular flexibility index (Phi) is 18.7. The van der Waals surface area contributed by atoms with Gasteiger partial charge in [-0.3, -0.25) is 0 Å². The van der Waals surface area contributed by atoms with Crippen LogP contribution in [0.1, 0.15) is 123 Å². The Bertz CT molecular complexity index is 179. The van der Waals surface area contributed by atoms with Gasteiger partial charge < -0.3 is 0 Å². The van der Waals surface area contributed by atoms with E-state index in [9.17, 15) is 0 Å². The maximum Gasteiger partial charge on any atom is 0.00167 e. The molecule has 21 heavy (non-hydrogen) atoms. The smallest absolute Gasteiger partial charge is 0.00167 e. The van der Waals surface area contributed by atoms with Crippen LogP contribution in [0.2, 0.25) is 0 Å². The van der Waals surface area contributed by atoms with Crippen LogP contribution in [0.4, 0.5) is 0 Å². The Hall–Kier alpha value is 0.350. The van der Waals surface area contributed by atoms with E-state index in [1.165, 1.54) is 109 Å². The summed E-state index contributed by atoms with van der Waals surface area (Å²) in [7, 11) is 0. The lowest BCUT2D eigenvalue weighted by Crippen LogP contribution is -1.97. The van der Waals surface area contributed by atoms with Crippen molar-refractivity contribution in [2.24, 2.45) is 0 Å². The van der Waals surface area contributed by atoms with Crippen molar-refractivity contribution in [3.05, 3.63) is 0 Å². The molecule has 0 aromatic rings.